The Balaban J connectivity index is 2.29. The van der Waals surface area contributed by atoms with Crippen LogP contribution in [-0.2, 0) is 20.8 Å². The van der Waals surface area contributed by atoms with Crippen LogP contribution in [0.25, 0.3) is 0 Å². The van der Waals surface area contributed by atoms with E-state index in [-0.39, 0.29) is 18.1 Å². The van der Waals surface area contributed by atoms with E-state index in [0.717, 1.165) is 13.1 Å². The van der Waals surface area contributed by atoms with Gasteiger partial charge < -0.3 is 19.0 Å². The molecule has 1 N–H and O–H groups in total. The van der Waals surface area contributed by atoms with Crippen LogP contribution in [-0.4, -0.2) is 49.4 Å². The van der Waals surface area contributed by atoms with E-state index < -0.39 is 23.1 Å². The number of rotatable bonds is 6. The molecule has 1 aromatic rings. The third-order valence-electron chi connectivity index (χ3n) is 4.24. The van der Waals surface area contributed by atoms with E-state index in [4.69, 9.17) is 13.9 Å². The number of methoxy groups -OCH3 is 1. The van der Waals surface area contributed by atoms with E-state index in [1.54, 1.807) is 0 Å². The van der Waals surface area contributed by atoms with Crippen molar-refractivity contribution in [1.82, 2.24) is 4.90 Å². The molecule has 2 rings (SSSR count). The highest BCUT2D eigenvalue weighted by atomic mass is 16.5. The highest BCUT2D eigenvalue weighted by Crippen LogP contribution is 2.33. The first-order valence-corrected chi connectivity index (χ1v) is 8.15. The average Bonchev–Trinajstić information content (AvgIpc) is 2.56. The summed E-state index contributed by atoms with van der Waals surface area (Å²) in [7, 11) is 1.31. The van der Waals surface area contributed by atoms with Crippen molar-refractivity contribution < 1.29 is 23.8 Å². The number of carbonyl (C=O) groups is 1. The lowest BCUT2D eigenvalue weighted by Crippen LogP contribution is -2.35. The van der Waals surface area contributed by atoms with Crippen molar-refractivity contribution in [2.45, 2.75) is 32.7 Å². The molecule has 0 saturated carbocycles. The largest absolute Gasteiger partial charge is 0.502 e. The number of hydrogen-bond acceptors (Lipinski definition) is 7. The van der Waals surface area contributed by atoms with Crippen LogP contribution in [0.2, 0.25) is 0 Å². The molecule has 0 aliphatic carbocycles. The number of carbonyl (C=O) groups excluding carboxylic acids is 1. The Hall–Kier alpha value is -1.86. The van der Waals surface area contributed by atoms with Gasteiger partial charge in [-0.25, -0.2) is 0 Å². The van der Waals surface area contributed by atoms with E-state index in [0.29, 0.717) is 25.5 Å². The molecule has 1 aromatic heterocycles. The summed E-state index contributed by atoms with van der Waals surface area (Å²) in [5.41, 5.74) is -0.491. The van der Waals surface area contributed by atoms with Crippen LogP contribution in [0.4, 0.5) is 0 Å². The Morgan fingerprint density at radius 1 is 1.38 bits per heavy atom. The summed E-state index contributed by atoms with van der Waals surface area (Å²) >= 11 is 0. The maximum atomic E-state index is 12.1. The molecule has 0 amide bonds. The monoisotopic (exact) mass is 339 g/mol. The summed E-state index contributed by atoms with van der Waals surface area (Å²) in [4.78, 5) is 25.9. The van der Waals surface area contributed by atoms with E-state index in [9.17, 15) is 14.7 Å². The zero-order chi connectivity index (χ0) is 17.7. The van der Waals surface area contributed by atoms with Gasteiger partial charge in [0.15, 0.2) is 5.76 Å². The number of esters is 1. The summed E-state index contributed by atoms with van der Waals surface area (Å²) in [5, 5.41) is 10.1. The SMILES string of the molecule is COC(=O)C[C@H](c1oc(CN2CCOCC2)cc(=O)c1O)C(C)C. The third-order valence-corrected chi connectivity index (χ3v) is 4.24. The molecule has 1 atom stereocenters. The van der Waals surface area contributed by atoms with Crippen LogP contribution in [0.15, 0.2) is 15.3 Å². The van der Waals surface area contributed by atoms with Crippen LogP contribution in [0.3, 0.4) is 0 Å². The maximum Gasteiger partial charge on any atom is 0.306 e. The van der Waals surface area contributed by atoms with Gasteiger partial charge in [0.2, 0.25) is 11.2 Å². The minimum atomic E-state index is -0.491. The van der Waals surface area contributed by atoms with Crippen molar-refractivity contribution in [3.05, 3.63) is 27.8 Å². The highest BCUT2D eigenvalue weighted by molar-refractivity contribution is 5.70. The van der Waals surface area contributed by atoms with E-state index in [2.05, 4.69) is 4.90 Å². The topological polar surface area (TPSA) is 89.2 Å². The van der Waals surface area contributed by atoms with Crippen LogP contribution in [0, 0.1) is 5.92 Å². The second kappa shape index (κ2) is 8.30. The second-order valence-corrected chi connectivity index (χ2v) is 6.31. The molecule has 1 aliphatic heterocycles. The van der Waals surface area contributed by atoms with E-state index in [1.165, 1.54) is 13.2 Å². The van der Waals surface area contributed by atoms with Gasteiger partial charge >= 0.3 is 5.97 Å². The second-order valence-electron chi connectivity index (χ2n) is 6.31. The lowest BCUT2D eigenvalue weighted by molar-refractivity contribution is -0.141. The van der Waals surface area contributed by atoms with E-state index >= 15 is 0 Å². The molecule has 1 saturated heterocycles. The molecular formula is C17H25NO6. The first-order chi connectivity index (χ1) is 11.4. The van der Waals surface area contributed by atoms with Crippen LogP contribution >= 0.6 is 0 Å². The quantitative estimate of drug-likeness (QED) is 0.785. The van der Waals surface area contributed by atoms with Crippen molar-refractivity contribution in [1.29, 1.82) is 0 Å². The maximum absolute atomic E-state index is 12.1. The molecule has 1 aliphatic rings. The smallest absolute Gasteiger partial charge is 0.306 e. The Kier molecular flexibility index (Phi) is 6.39. The fourth-order valence-corrected chi connectivity index (χ4v) is 2.76. The minimum Gasteiger partial charge on any atom is -0.502 e. The molecule has 0 bridgehead atoms. The first kappa shape index (κ1) is 18.5. The van der Waals surface area contributed by atoms with Gasteiger partial charge in [0.25, 0.3) is 0 Å². The fraction of sp³-hybridized carbons (Fsp3) is 0.647. The summed E-state index contributed by atoms with van der Waals surface area (Å²) in [6, 6.07) is 1.31. The summed E-state index contributed by atoms with van der Waals surface area (Å²) in [5.74, 6) is -0.624. The number of nitrogens with zero attached hydrogens (tertiary/aromatic N) is 1. The molecule has 1 fully saturated rings. The first-order valence-electron chi connectivity index (χ1n) is 8.15. The number of aromatic hydroxyl groups is 1. The van der Waals surface area contributed by atoms with Gasteiger partial charge in [0.05, 0.1) is 33.3 Å². The minimum absolute atomic E-state index is 0.00298. The van der Waals surface area contributed by atoms with Crippen LogP contribution in [0.5, 0.6) is 5.75 Å². The molecule has 134 valence electrons. The van der Waals surface area contributed by atoms with Crippen molar-refractivity contribution in [3.8, 4) is 5.75 Å². The predicted octanol–water partition coefficient (Wildman–Crippen LogP) is 1.48. The van der Waals surface area contributed by atoms with Crippen molar-refractivity contribution in [3.63, 3.8) is 0 Å². The average molecular weight is 339 g/mol. The molecule has 0 aromatic carbocycles. The number of ether oxygens (including phenoxy) is 2. The van der Waals surface area contributed by atoms with E-state index in [1.807, 2.05) is 13.8 Å². The fourth-order valence-electron chi connectivity index (χ4n) is 2.76. The lowest BCUT2D eigenvalue weighted by Gasteiger charge is -2.26. The molecular weight excluding hydrogens is 314 g/mol. The molecule has 0 radical (unpaired) electrons. The lowest BCUT2D eigenvalue weighted by atomic mass is 9.89. The highest BCUT2D eigenvalue weighted by Gasteiger charge is 2.27. The Morgan fingerprint density at radius 3 is 2.62 bits per heavy atom. The molecule has 0 unspecified atom stereocenters. The van der Waals surface area contributed by atoms with Gasteiger partial charge in [-0.05, 0) is 5.92 Å². The molecule has 2 heterocycles. The molecule has 0 spiro atoms. The Bertz CT molecular complexity index is 618. The predicted molar refractivity (Wildman–Crippen MR) is 87.0 cm³/mol. The van der Waals surface area contributed by atoms with Crippen LogP contribution in [0.1, 0.15) is 37.7 Å². The Morgan fingerprint density at radius 2 is 2.04 bits per heavy atom. The van der Waals surface area contributed by atoms with Crippen molar-refractivity contribution in [2.75, 3.05) is 33.4 Å². The normalized spacial score (nSPS) is 17.0. The van der Waals surface area contributed by atoms with Gasteiger partial charge in [0.1, 0.15) is 5.76 Å². The number of morpholine rings is 1. The standard InChI is InChI=1S/C17H25NO6/c1-11(2)13(9-15(20)22-3)17-16(21)14(19)8-12(24-17)10-18-4-6-23-7-5-18/h8,11,13,21H,4-7,9-10H2,1-3H3/t13-/m0/s1. The van der Waals surface area contributed by atoms with Crippen molar-refractivity contribution in [2.24, 2.45) is 5.92 Å². The van der Waals surface area contributed by atoms with Gasteiger partial charge in [-0.2, -0.15) is 0 Å². The summed E-state index contributed by atoms with van der Waals surface area (Å²) in [6.45, 7) is 7.09. The van der Waals surface area contributed by atoms with Gasteiger partial charge in [0, 0.05) is 25.1 Å². The summed E-state index contributed by atoms with van der Waals surface area (Å²) in [6.07, 6.45) is 0.0473. The third kappa shape index (κ3) is 4.58. The van der Waals surface area contributed by atoms with Gasteiger partial charge in [-0.1, -0.05) is 13.8 Å². The molecule has 7 nitrogen and oxygen atoms in total. The van der Waals surface area contributed by atoms with Gasteiger partial charge in [-0.3, -0.25) is 14.5 Å². The van der Waals surface area contributed by atoms with Gasteiger partial charge in [-0.15, -0.1) is 0 Å². The van der Waals surface area contributed by atoms with Crippen LogP contribution < -0.4 is 5.43 Å². The Labute approximate surface area is 141 Å². The van der Waals surface area contributed by atoms with Crippen molar-refractivity contribution >= 4 is 5.97 Å². The zero-order valence-electron chi connectivity index (χ0n) is 14.4. The molecule has 7 heteroatoms. The molecule has 24 heavy (non-hydrogen) atoms. The number of hydrogen-bond donors (Lipinski definition) is 1. The zero-order valence-corrected chi connectivity index (χ0v) is 14.4. The summed E-state index contributed by atoms with van der Waals surface area (Å²) < 4.78 is 15.8.